The molecule has 0 radical (unpaired) electrons. The maximum atomic E-state index is 14.1. The van der Waals surface area contributed by atoms with Crippen LogP contribution in [0.1, 0.15) is 36.5 Å². The van der Waals surface area contributed by atoms with Gasteiger partial charge in [-0.2, -0.15) is 0 Å². The Morgan fingerprint density at radius 2 is 1.97 bits per heavy atom. The smallest absolute Gasteiger partial charge is 0.245 e. The number of halogens is 1. The van der Waals surface area contributed by atoms with Crippen LogP contribution in [0.5, 0.6) is 5.75 Å². The van der Waals surface area contributed by atoms with Crippen LogP contribution >= 0.6 is 0 Å². The molecule has 1 aliphatic carbocycles. The van der Waals surface area contributed by atoms with Crippen molar-refractivity contribution < 1.29 is 23.5 Å². The molecule has 1 saturated heterocycles. The number of benzene rings is 2. The van der Waals surface area contributed by atoms with Gasteiger partial charge in [-0.05, 0) is 60.6 Å². The molecular formula is C26H31FN2O4. The molecule has 7 heteroatoms. The first-order valence-electron chi connectivity index (χ1n) is 11.6. The fourth-order valence-electron chi connectivity index (χ4n) is 4.56. The number of hydrogen-bond donors (Lipinski definition) is 1. The van der Waals surface area contributed by atoms with Gasteiger partial charge in [-0.15, -0.1) is 0 Å². The van der Waals surface area contributed by atoms with E-state index in [1.807, 2.05) is 6.07 Å². The Morgan fingerprint density at radius 3 is 2.76 bits per heavy atom. The quantitative estimate of drug-likeness (QED) is 0.698. The minimum absolute atomic E-state index is 0.0960. The molecular weight excluding hydrogens is 423 g/mol. The van der Waals surface area contributed by atoms with Crippen molar-refractivity contribution in [2.75, 3.05) is 26.3 Å². The summed E-state index contributed by atoms with van der Waals surface area (Å²) in [6.07, 6.45) is 4.48. The standard InChI is InChI=1S/C26H31FN2O4/c1-18(30)28-25(15-21-8-4-5-9-24(21)27)26(31)29-12-13-32-23(16-29)17-33-22-11-10-19-6-2-3-7-20(19)14-22/h4-5,8-11,14,23,25H,2-3,6-7,12-13,15-17H2,1H3,(H,28,30). The first-order chi connectivity index (χ1) is 16.0. The lowest BCUT2D eigenvalue weighted by Crippen LogP contribution is -2.55. The third kappa shape index (κ3) is 6.11. The third-order valence-electron chi connectivity index (χ3n) is 6.26. The average molecular weight is 455 g/mol. The molecule has 2 amide bonds. The normalized spacial score (nSPS) is 18.8. The number of aryl methyl sites for hydroxylation is 2. The summed E-state index contributed by atoms with van der Waals surface area (Å²) in [7, 11) is 0. The van der Waals surface area contributed by atoms with Gasteiger partial charge in [-0.25, -0.2) is 4.39 Å². The van der Waals surface area contributed by atoms with Gasteiger partial charge in [0.05, 0.1) is 13.2 Å². The van der Waals surface area contributed by atoms with Gasteiger partial charge in [0.1, 0.15) is 30.3 Å². The van der Waals surface area contributed by atoms with Crippen LogP contribution in [0.15, 0.2) is 42.5 Å². The van der Waals surface area contributed by atoms with E-state index in [2.05, 4.69) is 17.4 Å². The van der Waals surface area contributed by atoms with E-state index in [9.17, 15) is 14.0 Å². The Labute approximate surface area is 194 Å². The molecule has 2 aromatic carbocycles. The number of fused-ring (bicyclic) bond motifs is 1. The van der Waals surface area contributed by atoms with Gasteiger partial charge in [0.25, 0.3) is 0 Å². The zero-order valence-electron chi connectivity index (χ0n) is 19.0. The number of amides is 2. The molecule has 2 unspecified atom stereocenters. The number of hydrogen-bond acceptors (Lipinski definition) is 4. The number of ether oxygens (including phenoxy) is 2. The molecule has 2 atom stereocenters. The number of morpholine rings is 1. The van der Waals surface area contributed by atoms with Crippen LogP contribution < -0.4 is 10.1 Å². The summed E-state index contributed by atoms with van der Waals surface area (Å²) in [6, 6.07) is 11.7. The van der Waals surface area contributed by atoms with Crippen LogP contribution in [0.4, 0.5) is 4.39 Å². The molecule has 2 aliphatic rings. The van der Waals surface area contributed by atoms with Crippen LogP contribution in [-0.4, -0.2) is 55.2 Å². The van der Waals surface area contributed by atoms with Crippen LogP contribution in [0.2, 0.25) is 0 Å². The minimum Gasteiger partial charge on any atom is -0.491 e. The van der Waals surface area contributed by atoms with Crippen LogP contribution in [0.25, 0.3) is 0 Å². The SMILES string of the molecule is CC(=O)NC(Cc1ccccc1F)C(=O)N1CCOC(COc2ccc3c(c2)CCCC3)C1. The van der Waals surface area contributed by atoms with Crippen molar-refractivity contribution >= 4 is 11.8 Å². The molecule has 2 aromatic rings. The van der Waals surface area contributed by atoms with Gasteiger partial charge in [-0.3, -0.25) is 9.59 Å². The summed E-state index contributed by atoms with van der Waals surface area (Å²) in [5, 5.41) is 2.69. The van der Waals surface area contributed by atoms with Crippen molar-refractivity contribution in [2.45, 2.75) is 51.2 Å². The molecule has 176 valence electrons. The van der Waals surface area contributed by atoms with Crippen molar-refractivity contribution in [1.82, 2.24) is 10.2 Å². The van der Waals surface area contributed by atoms with E-state index < -0.39 is 6.04 Å². The van der Waals surface area contributed by atoms with E-state index in [1.165, 1.54) is 37.0 Å². The van der Waals surface area contributed by atoms with Gasteiger partial charge in [0.15, 0.2) is 0 Å². The Kier molecular flexibility index (Phi) is 7.60. The lowest BCUT2D eigenvalue weighted by molar-refractivity contribution is -0.143. The molecule has 0 bridgehead atoms. The van der Waals surface area contributed by atoms with E-state index >= 15 is 0 Å². The maximum Gasteiger partial charge on any atom is 0.245 e. The average Bonchev–Trinajstić information content (AvgIpc) is 2.83. The van der Waals surface area contributed by atoms with Crippen molar-refractivity contribution in [3.8, 4) is 5.75 Å². The molecule has 4 rings (SSSR count). The predicted octanol–water partition coefficient (Wildman–Crippen LogP) is 3.06. The Balaban J connectivity index is 1.37. The van der Waals surface area contributed by atoms with Gasteiger partial charge in [-0.1, -0.05) is 24.3 Å². The summed E-state index contributed by atoms with van der Waals surface area (Å²) in [6.45, 7) is 2.85. The van der Waals surface area contributed by atoms with Crippen molar-refractivity contribution in [2.24, 2.45) is 0 Å². The van der Waals surface area contributed by atoms with E-state index in [4.69, 9.17) is 9.47 Å². The van der Waals surface area contributed by atoms with E-state index in [1.54, 1.807) is 23.1 Å². The number of nitrogens with zero attached hydrogens (tertiary/aromatic N) is 1. The molecule has 6 nitrogen and oxygen atoms in total. The van der Waals surface area contributed by atoms with Crippen molar-refractivity contribution in [3.63, 3.8) is 0 Å². The fourth-order valence-corrected chi connectivity index (χ4v) is 4.56. The first-order valence-corrected chi connectivity index (χ1v) is 11.6. The Morgan fingerprint density at radius 1 is 1.18 bits per heavy atom. The van der Waals surface area contributed by atoms with E-state index in [0.29, 0.717) is 31.9 Å². The molecule has 1 heterocycles. The molecule has 1 aliphatic heterocycles. The largest absolute Gasteiger partial charge is 0.491 e. The summed E-state index contributed by atoms with van der Waals surface area (Å²) in [5.74, 6) is -0.141. The predicted molar refractivity (Wildman–Crippen MR) is 123 cm³/mol. The van der Waals surface area contributed by atoms with Crippen molar-refractivity contribution in [3.05, 3.63) is 65.0 Å². The minimum atomic E-state index is -0.834. The Hall–Kier alpha value is -2.93. The van der Waals surface area contributed by atoms with Crippen LogP contribution in [0, 0.1) is 5.82 Å². The second kappa shape index (κ2) is 10.8. The fraction of sp³-hybridized carbons (Fsp3) is 0.462. The highest BCUT2D eigenvalue weighted by atomic mass is 19.1. The van der Waals surface area contributed by atoms with Crippen LogP contribution in [-0.2, 0) is 33.6 Å². The summed E-state index contributed by atoms with van der Waals surface area (Å²) in [4.78, 5) is 26.6. The van der Waals surface area contributed by atoms with Gasteiger partial charge < -0.3 is 19.7 Å². The summed E-state index contributed by atoms with van der Waals surface area (Å²) >= 11 is 0. The highest BCUT2D eigenvalue weighted by molar-refractivity contribution is 5.87. The molecule has 1 N–H and O–H groups in total. The number of rotatable bonds is 7. The topological polar surface area (TPSA) is 67.9 Å². The highest BCUT2D eigenvalue weighted by Crippen LogP contribution is 2.25. The van der Waals surface area contributed by atoms with Crippen LogP contribution in [0.3, 0.4) is 0 Å². The maximum absolute atomic E-state index is 14.1. The third-order valence-corrected chi connectivity index (χ3v) is 6.26. The molecule has 33 heavy (non-hydrogen) atoms. The van der Waals surface area contributed by atoms with Gasteiger partial charge >= 0.3 is 0 Å². The van der Waals surface area contributed by atoms with E-state index in [-0.39, 0.29) is 30.2 Å². The van der Waals surface area contributed by atoms with Gasteiger partial charge in [0, 0.05) is 19.9 Å². The molecule has 0 spiro atoms. The summed E-state index contributed by atoms with van der Waals surface area (Å²) < 4.78 is 26.0. The number of carbonyl (C=O) groups is 2. The number of carbonyl (C=O) groups excluding carboxylic acids is 2. The Bertz CT molecular complexity index is 996. The van der Waals surface area contributed by atoms with Gasteiger partial charge in [0.2, 0.25) is 11.8 Å². The number of nitrogens with one attached hydrogen (secondary N) is 1. The second-order valence-corrected chi connectivity index (χ2v) is 8.77. The monoisotopic (exact) mass is 454 g/mol. The zero-order valence-corrected chi connectivity index (χ0v) is 19.0. The lowest BCUT2D eigenvalue weighted by Gasteiger charge is -2.35. The second-order valence-electron chi connectivity index (χ2n) is 8.77. The molecule has 0 aromatic heterocycles. The lowest BCUT2D eigenvalue weighted by atomic mass is 9.92. The van der Waals surface area contributed by atoms with Crippen molar-refractivity contribution in [1.29, 1.82) is 0 Å². The molecule has 1 fully saturated rings. The summed E-state index contributed by atoms with van der Waals surface area (Å²) in [5.41, 5.74) is 3.15. The molecule has 0 saturated carbocycles. The first kappa shape index (κ1) is 23.2. The zero-order chi connectivity index (χ0) is 23.2. The highest BCUT2D eigenvalue weighted by Gasteiger charge is 2.31. The van der Waals surface area contributed by atoms with E-state index in [0.717, 1.165) is 18.6 Å².